The standard InChI is InChI=1S/C12H10F3N3/c1-2-3-16-12-17-4-5-18(12)10-7-8(13)6-9(14)11(10)15/h2,4-7H,1,3H2,(H,16,17). The monoisotopic (exact) mass is 253 g/mol. The van der Waals surface area contributed by atoms with E-state index >= 15 is 0 Å². The first-order chi connectivity index (χ1) is 8.63. The molecule has 0 spiro atoms. The Morgan fingerprint density at radius 3 is 2.83 bits per heavy atom. The average molecular weight is 253 g/mol. The molecule has 0 aliphatic carbocycles. The van der Waals surface area contributed by atoms with Gasteiger partial charge in [0.15, 0.2) is 11.6 Å². The maximum absolute atomic E-state index is 13.6. The summed E-state index contributed by atoms with van der Waals surface area (Å²) in [6.45, 7) is 3.91. The first-order valence-electron chi connectivity index (χ1n) is 5.16. The van der Waals surface area contributed by atoms with Crippen LogP contribution in [-0.4, -0.2) is 16.1 Å². The molecule has 0 fully saturated rings. The second kappa shape index (κ2) is 4.95. The Hall–Kier alpha value is -2.24. The molecule has 1 N–H and O–H groups in total. The number of imidazole rings is 1. The van der Waals surface area contributed by atoms with Crippen molar-refractivity contribution >= 4 is 5.95 Å². The predicted octanol–water partition coefficient (Wildman–Crippen LogP) is 2.89. The van der Waals surface area contributed by atoms with Crippen LogP contribution in [0.15, 0.2) is 37.2 Å². The lowest BCUT2D eigenvalue weighted by atomic mass is 10.3. The lowest BCUT2D eigenvalue weighted by molar-refractivity contribution is 0.491. The van der Waals surface area contributed by atoms with E-state index in [4.69, 9.17) is 0 Å². The fraction of sp³-hybridized carbons (Fsp3) is 0.0833. The molecular formula is C12H10F3N3. The number of anilines is 1. The number of benzene rings is 1. The summed E-state index contributed by atoms with van der Waals surface area (Å²) in [5.41, 5.74) is -0.239. The van der Waals surface area contributed by atoms with Gasteiger partial charge >= 0.3 is 0 Å². The van der Waals surface area contributed by atoms with Gasteiger partial charge in [0.25, 0.3) is 0 Å². The van der Waals surface area contributed by atoms with Crippen LogP contribution >= 0.6 is 0 Å². The molecule has 1 aromatic heterocycles. The van der Waals surface area contributed by atoms with Crippen LogP contribution in [0, 0.1) is 17.5 Å². The zero-order chi connectivity index (χ0) is 13.1. The summed E-state index contributed by atoms with van der Waals surface area (Å²) in [7, 11) is 0. The quantitative estimate of drug-likeness (QED) is 0.670. The molecule has 2 aromatic rings. The molecule has 18 heavy (non-hydrogen) atoms. The molecule has 2 rings (SSSR count). The van der Waals surface area contributed by atoms with E-state index in [-0.39, 0.29) is 11.6 Å². The van der Waals surface area contributed by atoms with Gasteiger partial charge in [-0.25, -0.2) is 18.2 Å². The van der Waals surface area contributed by atoms with Crippen LogP contribution in [-0.2, 0) is 0 Å². The third-order valence-electron chi connectivity index (χ3n) is 2.28. The van der Waals surface area contributed by atoms with Gasteiger partial charge in [0.1, 0.15) is 5.82 Å². The molecule has 0 aliphatic heterocycles. The first kappa shape index (κ1) is 12.2. The van der Waals surface area contributed by atoms with E-state index in [0.717, 1.165) is 6.07 Å². The van der Waals surface area contributed by atoms with Gasteiger partial charge in [0.05, 0.1) is 5.69 Å². The van der Waals surface area contributed by atoms with E-state index in [0.29, 0.717) is 12.6 Å². The second-order valence-electron chi connectivity index (χ2n) is 3.51. The van der Waals surface area contributed by atoms with Gasteiger partial charge in [-0.05, 0) is 0 Å². The zero-order valence-electron chi connectivity index (χ0n) is 9.33. The first-order valence-corrected chi connectivity index (χ1v) is 5.16. The summed E-state index contributed by atoms with van der Waals surface area (Å²) < 4.78 is 41.1. The highest BCUT2D eigenvalue weighted by atomic mass is 19.2. The van der Waals surface area contributed by atoms with Crippen molar-refractivity contribution in [1.29, 1.82) is 0 Å². The molecule has 0 saturated heterocycles. The molecular weight excluding hydrogens is 243 g/mol. The van der Waals surface area contributed by atoms with Crippen molar-refractivity contribution in [2.24, 2.45) is 0 Å². The molecule has 94 valence electrons. The van der Waals surface area contributed by atoms with E-state index < -0.39 is 17.5 Å². The molecule has 0 radical (unpaired) electrons. The Labute approximate surface area is 102 Å². The number of halogens is 3. The van der Waals surface area contributed by atoms with Crippen molar-refractivity contribution in [2.75, 3.05) is 11.9 Å². The lowest BCUT2D eigenvalue weighted by Gasteiger charge is -2.10. The van der Waals surface area contributed by atoms with Crippen molar-refractivity contribution in [3.63, 3.8) is 0 Å². The molecule has 1 heterocycles. The summed E-state index contributed by atoms with van der Waals surface area (Å²) in [6, 6.07) is 1.39. The minimum atomic E-state index is -1.24. The van der Waals surface area contributed by atoms with Crippen molar-refractivity contribution in [2.45, 2.75) is 0 Å². The third-order valence-corrected chi connectivity index (χ3v) is 2.28. The van der Waals surface area contributed by atoms with Crippen LogP contribution in [0.1, 0.15) is 0 Å². The van der Waals surface area contributed by atoms with Gasteiger partial charge in [-0.15, -0.1) is 6.58 Å². The molecule has 0 bridgehead atoms. The Morgan fingerprint density at radius 1 is 1.33 bits per heavy atom. The van der Waals surface area contributed by atoms with Gasteiger partial charge in [0.2, 0.25) is 5.95 Å². The minimum absolute atomic E-state index is 0.239. The summed E-state index contributed by atoms with van der Waals surface area (Å²) in [6.07, 6.45) is 4.39. The van der Waals surface area contributed by atoms with Crippen molar-refractivity contribution in [1.82, 2.24) is 9.55 Å². The van der Waals surface area contributed by atoms with Crippen molar-refractivity contribution in [3.05, 3.63) is 54.6 Å². The highest BCUT2D eigenvalue weighted by Crippen LogP contribution is 2.21. The van der Waals surface area contributed by atoms with Crippen molar-refractivity contribution in [3.8, 4) is 5.69 Å². The summed E-state index contributed by atoms with van der Waals surface area (Å²) in [5, 5.41) is 2.83. The average Bonchev–Trinajstić information content (AvgIpc) is 2.79. The molecule has 0 saturated carbocycles. The summed E-state index contributed by atoms with van der Waals surface area (Å²) in [5.74, 6) is -2.95. The van der Waals surface area contributed by atoms with Gasteiger partial charge in [-0.3, -0.25) is 4.57 Å². The minimum Gasteiger partial charge on any atom is -0.352 e. The van der Waals surface area contributed by atoms with Gasteiger partial charge in [-0.1, -0.05) is 6.08 Å². The molecule has 3 nitrogen and oxygen atoms in total. The number of hydrogen-bond acceptors (Lipinski definition) is 2. The van der Waals surface area contributed by atoms with E-state index in [1.165, 1.54) is 17.0 Å². The molecule has 0 unspecified atom stereocenters. The zero-order valence-corrected chi connectivity index (χ0v) is 9.33. The molecule has 1 aromatic carbocycles. The van der Waals surface area contributed by atoms with E-state index in [2.05, 4.69) is 16.9 Å². The van der Waals surface area contributed by atoms with Gasteiger partial charge in [-0.2, -0.15) is 0 Å². The normalized spacial score (nSPS) is 10.4. The predicted molar refractivity (Wildman–Crippen MR) is 62.1 cm³/mol. The van der Waals surface area contributed by atoms with Crippen LogP contribution < -0.4 is 5.32 Å². The van der Waals surface area contributed by atoms with Crippen LogP contribution in [0.4, 0.5) is 19.1 Å². The molecule has 0 atom stereocenters. The van der Waals surface area contributed by atoms with Crippen molar-refractivity contribution < 1.29 is 13.2 Å². The van der Waals surface area contributed by atoms with Crippen LogP contribution in [0.5, 0.6) is 0 Å². The Balaban J connectivity index is 2.48. The highest BCUT2D eigenvalue weighted by molar-refractivity contribution is 5.43. The maximum Gasteiger partial charge on any atom is 0.207 e. The number of rotatable bonds is 4. The number of nitrogens with one attached hydrogen (secondary N) is 1. The molecule has 6 heteroatoms. The second-order valence-corrected chi connectivity index (χ2v) is 3.51. The highest BCUT2D eigenvalue weighted by Gasteiger charge is 2.14. The number of aromatic nitrogens is 2. The number of nitrogens with zero attached hydrogens (tertiary/aromatic N) is 2. The van der Waals surface area contributed by atoms with Crippen LogP contribution in [0.25, 0.3) is 5.69 Å². The molecule has 0 amide bonds. The largest absolute Gasteiger partial charge is 0.352 e. The fourth-order valence-electron chi connectivity index (χ4n) is 1.51. The Morgan fingerprint density at radius 2 is 2.11 bits per heavy atom. The topological polar surface area (TPSA) is 29.9 Å². The van der Waals surface area contributed by atoms with E-state index in [1.807, 2.05) is 0 Å². The maximum atomic E-state index is 13.6. The van der Waals surface area contributed by atoms with E-state index in [9.17, 15) is 13.2 Å². The number of hydrogen-bond donors (Lipinski definition) is 1. The lowest BCUT2D eigenvalue weighted by Crippen LogP contribution is -2.08. The molecule has 0 aliphatic rings. The Bertz CT molecular complexity index is 578. The van der Waals surface area contributed by atoms with Crippen LogP contribution in [0.3, 0.4) is 0 Å². The third kappa shape index (κ3) is 2.22. The van der Waals surface area contributed by atoms with Crippen LogP contribution in [0.2, 0.25) is 0 Å². The Kier molecular flexibility index (Phi) is 3.36. The SMILES string of the molecule is C=CCNc1nccn1-c1cc(F)cc(F)c1F. The fourth-order valence-corrected chi connectivity index (χ4v) is 1.51. The van der Waals surface area contributed by atoms with Gasteiger partial charge < -0.3 is 5.32 Å². The van der Waals surface area contributed by atoms with Gasteiger partial charge in [0, 0.05) is 31.1 Å². The van der Waals surface area contributed by atoms with E-state index in [1.54, 1.807) is 6.08 Å². The summed E-state index contributed by atoms with van der Waals surface area (Å²) >= 11 is 0. The summed E-state index contributed by atoms with van der Waals surface area (Å²) in [4.78, 5) is 3.92. The smallest absolute Gasteiger partial charge is 0.207 e.